The van der Waals surface area contributed by atoms with Crippen LogP contribution in [0.4, 0.5) is 10.1 Å². The molecule has 0 fully saturated rings. The molecule has 2 aromatic carbocycles. The van der Waals surface area contributed by atoms with Crippen LogP contribution in [0.15, 0.2) is 48.5 Å². The average Bonchev–Trinajstić information content (AvgIpc) is 2.42. The molecule has 0 aliphatic rings. The summed E-state index contributed by atoms with van der Waals surface area (Å²) < 4.78 is 14.1. The monoisotopic (exact) mass is 397 g/mol. The van der Waals surface area contributed by atoms with Gasteiger partial charge in [0.2, 0.25) is 0 Å². The van der Waals surface area contributed by atoms with Crippen molar-refractivity contribution in [3.05, 3.63) is 63.5 Å². The van der Waals surface area contributed by atoms with E-state index in [-0.39, 0.29) is 11.2 Å². The maximum atomic E-state index is 13.1. The summed E-state index contributed by atoms with van der Waals surface area (Å²) in [5.74, 6) is -0.192. The van der Waals surface area contributed by atoms with Crippen molar-refractivity contribution < 1.29 is 4.39 Å². The van der Waals surface area contributed by atoms with E-state index in [1.807, 2.05) is 12.1 Å². The first kappa shape index (κ1) is 16.3. The number of anilines is 1. The van der Waals surface area contributed by atoms with Crippen LogP contribution < -0.4 is 5.32 Å². The van der Waals surface area contributed by atoms with Crippen LogP contribution in [0, 0.1) is 9.39 Å². The predicted octanol–water partition coefficient (Wildman–Crippen LogP) is 5.60. The van der Waals surface area contributed by atoms with Gasteiger partial charge in [-0.1, -0.05) is 44.2 Å². The van der Waals surface area contributed by atoms with Gasteiger partial charge in [-0.25, -0.2) is 4.39 Å². The molecule has 0 radical (unpaired) electrons. The minimum Gasteiger partial charge on any atom is -0.382 e. The maximum absolute atomic E-state index is 13.1. The first-order valence-corrected chi connectivity index (χ1v) is 8.23. The molecule has 3 heteroatoms. The second kappa shape index (κ2) is 6.77. The quantitative estimate of drug-likeness (QED) is 0.648. The van der Waals surface area contributed by atoms with Gasteiger partial charge in [0.15, 0.2) is 0 Å². The van der Waals surface area contributed by atoms with Crippen molar-refractivity contribution in [3.8, 4) is 0 Å². The lowest BCUT2D eigenvalue weighted by Crippen LogP contribution is -2.28. The largest absolute Gasteiger partial charge is 0.382 e. The molecule has 0 heterocycles. The van der Waals surface area contributed by atoms with E-state index < -0.39 is 0 Å². The lowest BCUT2D eigenvalue weighted by Gasteiger charge is -2.30. The Morgan fingerprint density at radius 2 is 1.81 bits per heavy atom. The highest BCUT2D eigenvalue weighted by atomic mass is 127. The Kier molecular flexibility index (Phi) is 5.25. The Balaban J connectivity index is 2.06. The fraction of sp³-hybridized carbons (Fsp3) is 0.333. The van der Waals surface area contributed by atoms with Crippen molar-refractivity contribution in [1.82, 2.24) is 0 Å². The van der Waals surface area contributed by atoms with Crippen LogP contribution in [0.25, 0.3) is 0 Å². The topological polar surface area (TPSA) is 12.0 Å². The number of halogens is 2. The zero-order valence-corrected chi connectivity index (χ0v) is 14.8. The lowest BCUT2D eigenvalue weighted by molar-refractivity contribution is 0.450. The second-order valence-corrected chi connectivity index (χ2v) is 7.29. The zero-order valence-electron chi connectivity index (χ0n) is 12.7. The van der Waals surface area contributed by atoms with Gasteiger partial charge in [0.1, 0.15) is 5.82 Å². The molecule has 0 bridgehead atoms. The van der Waals surface area contributed by atoms with Gasteiger partial charge in [0, 0.05) is 15.3 Å². The highest BCUT2D eigenvalue weighted by Crippen LogP contribution is 2.30. The van der Waals surface area contributed by atoms with Gasteiger partial charge in [-0.2, -0.15) is 0 Å². The molecule has 0 amide bonds. The maximum Gasteiger partial charge on any atom is 0.124 e. The van der Waals surface area contributed by atoms with Gasteiger partial charge in [0.05, 0.1) is 0 Å². The molecular weight excluding hydrogens is 376 g/mol. The van der Waals surface area contributed by atoms with E-state index in [9.17, 15) is 4.39 Å². The summed E-state index contributed by atoms with van der Waals surface area (Å²) in [4.78, 5) is 0. The molecule has 0 saturated heterocycles. The van der Waals surface area contributed by atoms with E-state index in [2.05, 4.69) is 72.9 Å². The summed E-state index contributed by atoms with van der Waals surface area (Å²) in [5.41, 5.74) is 2.43. The summed E-state index contributed by atoms with van der Waals surface area (Å²) in [6, 6.07) is 15.7. The Labute approximate surface area is 140 Å². The molecule has 0 aromatic heterocycles. The van der Waals surface area contributed by atoms with E-state index >= 15 is 0 Å². The lowest BCUT2D eigenvalue weighted by atomic mass is 9.79. The number of hydrogen-bond acceptors (Lipinski definition) is 1. The first-order valence-electron chi connectivity index (χ1n) is 7.15. The van der Waals surface area contributed by atoms with Crippen molar-refractivity contribution in [1.29, 1.82) is 0 Å². The predicted molar refractivity (Wildman–Crippen MR) is 96.3 cm³/mol. The normalized spacial score (nSPS) is 13.0. The van der Waals surface area contributed by atoms with E-state index in [0.29, 0.717) is 6.04 Å². The summed E-state index contributed by atoms with van der Waals surface area (Å²) in [6.07, 6.45) is 1.00. The Morgan fingerprint density at radius 1 is 1.14 bits per heavy atom. The van der Waals surface area contributed by atoms with Crippen molar-refractivity contribution in [2.45, 2.75) is 38.6 Å². The SMILES string of the molecule is CC(CC(C)(C)c1ccccc1)Nc1ccc(F)cc1I. The fourth-order valence-corrected chi connectivity index (χ4v) is 3.33. The number of hydrogen-bond donors (Lipinski definition) is 1. The van der Waals surface area contributed by atoms with Gasteiger partial charge in [-0.15, -0.1) is 0 Å². The molecule has 0 aliphatic heterocycles. The highest BCUT2D eigenvalue weighted by Gasteiger charge is 2.23. The van der Waals surface area contributed by atoms with Crippen molar-refractivity contribution in [2.24, 2.45) is 0 Å². The molecule has 2 rings (SSSR count). The highest BCUT2D eigenvalue weighted by molar-refractivity contribution is 14.1. The Hall–Kier alpha value is -1.10. The van der Waals surface area contributed by atoms with Crippen LogP contribution in [0.2, 0.25) is 0 Å². The van der Waals surface area contributed by atoms with Crippen LogP contribution in [0.3, 0.4) is 0 Å². The molecule has 112 valence electrons. The van der Waals surface area contributed by atoms with Crippen LogP contribution in [-0.4, -0.2) is 6.04 Å². The molecular formula is C18H21FIN. The van der Waals surface area contributed by atoms with Crippen LogP contribution >= 0.6 is 22.6 Å². The van der Waals surface area contributed by atoms with Crippen molar-refractivity contribution >= 4 is 28.3 Å². The summed E-state index contributed by atoms with van der Waals surface area (Å²) in [5, 5.41) is 3.49. The van der Waals surface area contributed by atoms with E-state index in [4.69, 9.17) is 0 Å². The molecule has 0 aliphatic carbocycles. The van der Waals surface area contributed by atoms with E-state index in [1.54, 1.807) is 6.07 Å². The summed E-state index contributed by atoms with van der Waals surface area (Å²) in [6.45, 7) is 6.69. The van der Waals surface area contributed by atoms with Crippen LogP contribution in [0.1, 0.15) is 32.8 Å². The minimum absolute atomic E-state index is 0.0964. The van der Waals surface area contributed by atoms with Crippen molar-refractivity contribution in [2.75, 3.05) is 5.32 Å². The molecule has 2 aromatic rings. The standard InChI is InChI=1S/C18H21FIN/c1-13(21-17-10-9-15(19)11-16(17)20)12-18(2,3)14-7-5-4-6-8-14/h4-11,13,21H,12H2,1-3H3. The third-order valence-corrected chi connectivity index (χ3v) is 4.60. The van der Waals surface area contributed by atoms with E-state index in [0.717, 1.165) is 15.7 Å². The van der Waals surface area contributed by atoms with Gasteiger partial charge in [0.25, 0.3) is 0 Å². The van der Waals surface area contributed by atoms with Crippen molar-refractivity contribution in [3.63, 3.8) is 0 Å². The molecule has 1 nitrogen and oxygen atoms in total. The average molecular weight is 397 g/mol. The number of rotatable bonds is 5. The van der Waals surface area contributed by atoms with Crippen LogP contribution in [0.5, 0.6) is 0 Å². The fourth-order valence-electron chi connectivity index (χ4n) is 2.70. The first-order chi connectivity index (χ1) is 9.88. The van der Waals surface area contributed by atoms with Gasteiger partial charge in [-0.3, -0.25) is 0 Å². The summed E-state index contributed by atoms with van der Waals surface area (Å²) >= 11 is 2.17. The van der Waals surface area contributed by atoms with E-state index in [1.165, 1.54) is 11.6 Å². The van der Waals surface area contributed by atoms with Gasteiger partial charge in [-0.05, 0) is 65.1 Å². The molecule has 21 heavy (non-hydrogen) atoms. The molecule has 1 N–H and O–H groups in total. The number of nitrogens with one attached hydrogen (secondary N) is 1. The third-order valence-electron chi connectivity index (χ3n) is 3.70. The Morgan fingerprint density at radius 3 is 2.43 bits per heavy atom. The zero-order chi connectivity index (χ0) is 15.5. The smallest absolute Gasteiger partial charge is 0.124 e. The number of benzene rings is 2. The van der Waals surface area contributed by atoms with Gasteiger partial charge < -0.3 is 5.32 Å². The summed E-state index contributed by atoms with van der Waals surface area (Å²) in [7, 11) is 0. The molecule has 1 unspecified atom stereocenters. The molecule has 0 saturated carbocycles. The molecule has 0 spiro atoms. The van der Waals surface area contributed by atoms with Gasteiger partial charge >= 0.3 is 0 Å². The molecule has 1 atom stereocenters. The second-order valence-electron chi connectivity index (χ2n) is 6.12. The minimum atomic E-state index is -0.192. The van der Waals surface area contributed by atoms with Crippen LogP contribution in [-0.2, 0) is 5.41 Å². The third kappa shape index (κ3) is 4.43. The Bertz CT molecular complexity index is 595.